The summed E-state index contributed by atoms with van der Waals surface area (Å²) in [5.74, 6) is 0.300. The summed E-state index contributed by atoms with van der Waals surface area (Å²) in [6.07, 6.45) is 1.68. The summed E-state index contributed by atoms with van der Waals surface area (Å²) in [6, 6.07) is 9.56. The number of ether oxygens (including phenoxy) is 1. The fraction of sp³-hybridized carbons (Fsp3) is 0.333. The summed E-state index contributed by atoms with van der Waals surface area (Å²) < 4.78 is 6.94. The number of anilines is 1. The van der Waals surface area contributed by atoms with Crippen LogP contribution in [-0.4, -0.2) is 22.3 Å². The van der Waals surface area contributed by atoms with E-state index in [1.165, 1.54) is 4.68 Å². The number of aromatic nitrogens is 2. The van der Waals surface area contributed by atoms with Crippen molar-refractivity contribution in [1.29, 1.82) is 0 Å². The molecule has 2 aromatic rings. The van der Waals surface area contributed by atoms with Gasteiger partial charge in [-0.3, -0.25) is 9.48 Å². The lowest BCUT2D eigenvalue weighted by Gasteiger charge is -2.10. The van der Waals surface area contributed by atoms with E-state index in [0.29, 0.717) is 25.6 Å². The number of carbonyl (C=O) groups is 1. The summed E-state index contributed by atoms with van der Waals surface area (Å²) in [5, 5.41) is 6.85. The van der Waals surface area contributed by atoms with Crippen molar-refractivity contribution in [3.63, 3.8) is 0 Å². The number of amides is 1. The number of rotatable bonds is 7. The topological polar surface area (TPSA) is 82.2 Å². The lowest BCUT2D eigenvalue weighted by atomic mass is 10.1. The lowest BCUT2D eigenvalue weighted by molar-refractivity contribution is -0.122. The zero-order valence-electron chi connectivity index (χ0n) is 12.1. The molecule has 1 amide bonds. The van der Waals surface area contributed by atoms with Gasteiger partial charge in [0, 0.05) is 19.3 Å². The summed E-state index contributed by atoms with van der Waals surface area (Å²) in [4.78, 5) is 11.9. The molecule has 0 saturated heterocycles. The van der Waals surface area contributed by atoms with Gasteiger partial charge in [0.25, 0.3) is 0 Å². The molecule has 2 rings (SSSR count). The van der Waals surface area contributed by atoms with Gasteiger partial charge < -0.3 is 15.8 Å². The van der Waals surface area contributed by atoms with Crippen LogP contribution in [0.3, 0.4) is 0 Å². The molecule has 3 N–H and O–H groups in total. The second kappa shape index (κ2) is 7.44. The van der Waals surface area contributed by atoms with Crippen LogP contribution in [0.25, 0.3) is 0 Å². The summed E-state index contributed by atoms with van der Waals surface area (Å²) >= 11 is 0. The quantitative estimate of drug-likeness (QED) is 0.805. The summed E-state index contributed by atoms with van der Waals surface area (Å²) in [5.41, 5.74) is 7.65. The molecule has 0 fully saturated rings. The minimum Gasteiger partial charge on any atom is -0.382 e. The van der Waals surface area contributed by atoms with Crippen molar-refractivity contribution in [2.75, 3.05) is 12.3 Å². The Morgan fingerprint density at radius 1 is 1.33 bits per heavy atom. The Morgan fingerprint density at radius 3 is 2.76 bits per heavy atom. The molecule has 1 aromatic heterocycles. The van der Waals surface area contributed by atoms with Gasteiger partial charge in [0.1, 0.15) is 12.4 Å². The monoisotopic (exact) mass is 288 g/mol. The molecule has 1 heterocycles. The molecule has 6 heteroatoms. The predicted octanol–water partition coefficient (Wildman–Crippen LogP) is 1.32. The van der Waals surface area contributed by atoms with Crippen LogP contribution in [0.1, 0.15) is 18.1 Å². The Bertz CT molecular complexity index is 595. The molecule has 0 saturated carbocycles. The Labute approximate surface area is 123 Å². The summed E-state index contributed by atoms with van der Waals surface area (Å²) in [7, 11) is 0. The van der Waals surface area contributed by atoms with E-state index >= 15 is 0 Å². The van der Waals surface area contributed by atoms with Crippen LogP contribution in [0.5, 0.6) is 0 Å². The number of nitrogen functional groups attached to an aromatic ring is 1. The van der Waals surface area contributed by atoms with Crippen LogP contribution >= 0.6 is 0 Å². The van der Waals surface area contributed by atoms with E-state index in [1.54, 1.807) is 12.3 Å². The van der Waals surface area contributed by atoms with E-state index in [-0.39, 0.29) is 12.5 Å². The molecular formula is C15H20N4O2. The standard InChI is InChI=1S/C15H20N4O2/c1-2-21-11-13-6-4-3-5-12(13)9-17-15(20)10-19-8-7-14(16)18-19/h3-8H,2,9-11H2,1H3,(H2,16,18)(H,17,20). The zero-order chi connectivity index (χ0) is 15.1. The van der Waals surface area contributed by atoms with Gasteiger partial charge in [-0.2, -0.15) is 5.10 Å². The van der Waals surface area contributed by atoms with Crippen LogP contribution in [0, 0.1) is 0 Å². The first-order valence-corrected chi connectivity index (χ1v) is 6.89. The van der Waals surface area contributed by atoms with Crippen molar-refractivity contribution in [2.24, 2.45) is 0 Å². The molecule has 6 nitrogen and oxygen atoms in total. The van der Waals surface area contributed by atoms with Crippen molar-refractivity contribution in [1.82, 2.24) is 15.1 Å². The van der Waals surface area contributed by atoms with Crippen LogP contribution < -0.4 is 11.1 Å². The number of nitrogens with zero attached hydrogens (tertiary/aromatic N) is 2. The molecule has 0 aliphatic rings. The van der Waals surface area contributed by atoms with Gasteiger partial charge in [-0.1, -0.05) is 24.3 Å². The molecule has 0 aliphatic heterocycles. The van der Waals surface area contributed by atoms with E-state index in [0.717, 1.165) is 11.1 Å². The molecule has 0 atom stereocenters. The maximum absolute atomic E-state index is 11.9. The van der Waals surface area contributed by atoms with Gasteiger partial charge in [-0.25, -0.2) is 0 Å². The Hall–Kier alpha value is -2.34. The number of benzene rings is 1. The number of nitrogens with two attached hydrogens (primary N) is 1. The maximum Gasteiger partial charge on any atom is 0.241 e. The van der Waals surface area contributed by atoms with Gasteiger partial charge in [-0.05, 0) is 24.1 Å². The van der Waals surface area contributed by atoms with Crippen molar-refractivity contribution in [3.05, 3.63) is 47.7 Å². The highest BCUT2D eigenvalue weighted by atomic mass is 16.5. The fourth-order valence-electron chi connectivity index (χ4n) is 1.95. The van der Waals surface area contributed by atoms with Crippen molar-refractivity contribution >= 4 is 11.7 Å². The first-order valence-electron chi connectivity index (χ1n) is 6.89. The van der Waals surface area contributed by atoms with Crippen LogP contribution in [-0.2, 0) is 29.2 Å². The van der Waals surface area contributed by atoms with Gasteiger partial charge in [-0.15, -0.1) is 0 Å². The van der Waals surface area contributed by atoms with Crippen LogP contribution in [0.2, 0.25) is 0 Å². The minimum absolute atomic E-state index is 0.107. The van der Waals surface area contributed by atoms with Gasteiger partial charge in [0.2, 0.25) is 5.91 Å². The highest BCUT2D eigenvalue weighted by Gasteiger charge is 2.06. The fourth-order valence-corrected chi connectivity index (χ4v) is 1.95. The molecule has 0 unspecified atom stereocenters. The molecular weight excluding hydrogens is 268 g/mol. The molecule has 1 aromatic carbocycles. The van der Waals surface area contributed by atoms with Crippen molar-refractivity contribution < 1.29 is 9.53 Å². The Morgan fingerprint density at radius 2 is 2.10 bits per heavy atom. The first kappa shape index (κ1) is 15.1. The molecule has 0 radical (unpaired) electrons. The third kappa shape index (κ3) is 4.61. The molecule has 0 aliphatic carbocycles. The van der Waals surface area contributed by atoms with Gasteiger partial charge in [0.15, 0.2) is 0 Å². The SMILES string of the molecule is CCOCc1ccccc1CNC(=O)Cn1ccc(N)n1. The normalized spacial score (nSPS) is 10.5. The largest absolute Gasteiger partial charge is 0.382 e. The van der Waals surface area contributed by atoms with Crippen LogP contribution in [0.4, 0.5) is 5.82 Å². The van der Waals surface area contributed by atoms with Gasteiger partial charge >= 0.3 is 0 Å². The second-order valence-corrected chi connectivity index (χ2v) is 4.62. The highest BCUT2D eigenvalue weighted by Crippen LogP contribution is 2.10. The minimum atomic E-state index is -0.107. The first-order chi connectivity index (χ1) is 10.2. The van der Waals surface area contributed by atoms with Crippen molar-refractivity contribution in [2.45, 2.75) is 26.6 Å². The van der Waals surface area contributed by atoms with E-state index in [1.807, 2.05) is 31.2 Å². The average molecular weight is 288 g/mol. The van der Waals surface area contributed by atoms with Crippen LogP contribution in [0.15, 0.2) is 36.5 Å². The number of carbonyl (C=O) groups excluding carboxylic acids is 1. The van der Waals surface area contributed by atoms with E-state index in [2.05, 4.69) is 10.4 Å². The van der Waals surface area contributed by atoms with Gasteiger partial charge in [0.05, 0.1) is 6.61 Å². The Kier molecular flexibility index (Phi) is 5.34. The predicted molar refractivity (Wildman–Crippen MR) is 80.3 cm³/mol. The molecule has 0 bridgehead atoms. The third-order valence-corrected chi connectivity index (χ3v) is 3.02. The maximum atomic E-state index is 11.9. The molecule has 0 spiro atoms. The zero-order valence-corrected chi connectivity index (χ0v) is 12.1. The molecule has 21 heavy (non-hydrogen) atoms. The highest BCUT2D eigenvalue weighted by molar-refractivity contribution is 5.75. The van der Waals surface area contributed by atoms with E-state index < -0.39 is 0 Å². The number of nitrogens with one attached hydrogen (secondary N) is 1. The third-order valence-electron chi connectivity index (χ3n) is 3.02. The van der Waals surface area contributed by atoms with E-state index in [9.17, 15) is 4.79 Å². The lowest BCUT2D eigenvalue weighted by Crippen LogP contribution is -2.27. The number of hydrogen-bond donors (Lipinski definition) is 2. The number of hydrogen-bond acceptors (Lipinski definition) is 4. The smallest absolute Gasteiger partial charge is 0.241 e. The van der Waals surface area contributed by atoms with Crippen molar-refractivity contribution in [3.8, 4) is 0 Å². The summed E-state index contributed by atoms with van der Waals surface area (Å²) in [6.45, 7) is 3.81. The average Bonchev–Trinajstić information content (AvgIpc) is 2.89. The molecule has 112 valence electrons. The van der Waals surface area contributed by atoms with E-state index in [4.69, 9.17) is 10.5 Å². The Balaban J connectivity index is 1.88. The second-order valence-electron chi connectivity index (χ2n) is 4.62.